The Bertz CT molecular complexity index is 723. The topological polar surface area (TPSA) is 63.6 Å². The summed E-state index contributed by atoms with van der Waals surface area (Å²) in [5.74, 6) is 0. The standard InChI is InChI=1S/C15H20N4OS/c1-9-8-21-15-17-11(6-14(20)19(9)15)7-18-12-2-3-13(18)5-10(16)4-12/h6,8,10,12-13H,2-5,7,16H2,1H3. The highest BCUT2D eigenvalue weighted by Gasteiger charge is 2.39. The summed E-state index contributed by atoms with van der Waals surface area (Å²) in [5, 5.41) is 1.98. The molecule has 2 aliphatic heterocycles. The van der Waals surface area contributed by atoms with E-state index in [1.165, 1.54) is 24.2 Å². The summed E-state index contributed by atoms with van der Waals surface area (Å²) in [7, 11) is 0. The van der Waals surface area contributed by atoms with E-state index in [1.807, 2.05) is 12.3 Å². The van der Waals surface area contributed by atoms with E-state index < -0.39 is 0 Å². The van der Waals surface area contributed by atoms with Crippen molar-refractivity contribution in [3.8, 4) is 0 Å². The normalized spacial score (nSPS) is 29.3. The second-order valence-corrected chi connectivity index (χ2v) is 7.21. The van der Waals surface area contributed by atoms with Gasteiger partial charge in [-0.05, 0) is 32.6 Å². The van der Waals surface area contributed by atoms with Gasteiger partial charge in [0.25, 0.3) is 5.56 Å². The van der Waals surface area contributed by atoms with Crippen LogP contribution in [0.4, 0.5) is 0 Å². The number of thiazole rings is 1. The zero-order valence-electron chi connectivity index (χ0n) is 12.2. The predicted molar refractivity (Wildman–Crippen MR) is 83.6 cm³/mol. The van der Waals surface area contributed by atoms with Crippen molar-refractivity contribution >= 4 is 16.3 Å². The maximum absolute atomic E-state index is 12.2. The minimum absolute atomic E-state index is 0.0369. The van der Waals surface area contributed by atoms with Gasteiger partial charge in [0.1, 0.15) is 0 Å². The minimum Gasteiger partial charge on any atom is -0.328 e. The first-order valence-corrected chi connectivity index (χ1v) is 8.48. The molecule has 0 aliphatic carbocycles. The van der Waals surface area contributed by atoms with Crippen molar-refractivity contribution in [3.05, 3.63) is 33.2 Å². The summed E-state index contributed by atoms with van der Waals surface area (Å²) < 4.78 is 1.69. The van der Waals surface area contributed by atoms with Gasteiger partial charge in [-0.1, -0.05) is 0 Å². The first-order valence-electron chi connectivity index (χ1n) is 7.60. The molecule has 0 amide bonds. The van der Waals surface area contributed by atoms with Crippen LogP contribution in [0.25, 0.3) is 4.96 Å². The van der Waals surface area contributed by atoms with E-state index in [1.54, 1.807) is 10.5 Å². The predicted octanol–water partition coefficient (Wildman–Crippen LogP) is 1.52. The number of fused-ring (bicyclic) bond motifs is 3. The minimum atomic E-state index is 0.0369. The third-order valence-corrected chi connectivity index (χ3v) is 5.84. The highest BCUT2D eigenvalue weighted by Crippen LogP contribution is 2.35. The number of piperidine rings is 1. The van der Waals surface area contributed by atoms with Crippen LogP contribution < -0.4 is 11.3 Å². The number of rotatable bonds is 2. The molecule has 0 aromatic carbocycles. The number of nitrogens with zero attached hydrogens (tertiary/aromatic N) is 3. The molecule has 0 radical (unpaired) electrons. The van der Waals surface area contributed by atoms with Gasteiger partial charge in [0.15, 0.2) is 4.96 Å². The van der Waals surface area contributed by atoms with Gasteiger partial charge in [-0.25, -0.2) is 4.98 Å². The van der Waals surface area contributed by atoms with Crippen molar-refractivity contribution in [3.63, 3.8) is 0 Å². The smallest absolute Gasteiger partial charge is 0.259 e. The van der Waals surface area contributed by atoms with E-state index in [2.05, 4.69) is 9.88 Å². The summed E-state index contributed by atoms with van der Waals surface area (Å²) >= 11 is 1.54. The lowest BCUT2D eigenvalue weighted by Crippen LogP contribution is -2.47. The first-order chi connectivity index (χ1) is 10.1. The van der Waals surface area contributed by atoms with Crippen LogP contribution in [0.15, 0.2) is 16.2 Å². The van der Waals surface area contributed by atoms with Gasteiger partial charge in [-0.15, -0.1) is 11.3 Å². The molecule has 2 fully saturated rings. The van der Waals surface area contributed by atoms with Crippen LogP contribution in [0.2, 0.25) is 0 Å². The average molecular weight is 304 g/mol. The van der Waals surface area contributed by atoms with Gasteiger partial charge in [-0.2, -0.15) is 0 Å². The number of aryl methyl sites for hydroxylation is 1. The molecule has 2 unspecified atom stereocenters. The van der Waals surface area contributed by atoms with Crippen molar-refractivity contribution in [2.24, 2.45) is 5.73 Å². The van der Waals surface area contributed by atoms with Crippen molar-refractivity contribution < 1.29 is 0 Å². The lowest BCUT2D eigenvalue weighted by Gasteiger charge is -2.37. The molecule has 4 heterocycles. The number of aromatic nitrogens is 2. The molecule has 2 aromatic heterocycles. The molecule has 2 aliphatic rings. The van der Waals surface area contributed by atoms with Crippen LogP contribution in [0.3, 0.4) is 0 Å². The molecule has 2 saturated heterocycles. The Kier molecular flexibility index (Phi) is 3.13. The maximum atomic E-state index is 12.2. The fourth-order valence-corrected chi connectivity index (χ4v) is 4.83. The van der Waals surface area contributed by atoms with Gasteiger partial charge in [0.2, 0.25) is 0 Å². The Labute approximate surface area is 127 Å². The van der Waals surface area contributed by atoms with Gasteiger partial charge >= 0.3 is 0 Å². The molecule has 21 heavy (non-hydrogen) atoms. The highest BCUT2D eigenvalue weighted by atomic mass is 32.1. The third-order valence-electron chi connectivity index (χ3n) is 4.89. The zero-order chi connectivity index (χ0) is 14.6. The van der Waals surface area contributed by atoms with Crippen molar-refractivity contribution in [2.75, 3.05) is 0 Å². The van der Waals surface area contributed by atoms with Crippen molar-refractivity contribution in [1.29, 1.82) is 0 Å². The third kappa shape index (κ3) is 2.22. The Balaban J connectivity index is 1.65. The summed E-state index contributed by atoms with van der Waals surface area (Å²) in [6.07, 6.45) is 4.63. The molecule has 0 saturated carbocycles. The first kappa shape index (κ1) is 13.4. The zero-order valence-corrected chi connectivity index (χ0v) is 13.0. The Morgan fingerprint density at radius 3 is 2.81 bits per heavy atom. The van der Waals surface area contributed by atoms with Crippen molar-refractivity contribution in [2.45, 2.75) is 57.3 Å². The van der Waals surface area contributed by atoms with E-state index in [0.29, 0.717) is 18.1 Å². The monoisotopic (exact) mass is 304 g/mol. The molecule has 2 bridgehead atoms. The molecular formula is C15H20N4OS. The van der Waals surface area contributed by atoms with E-state index in [0.717, 1.165) is 35.7 Å². The molecule has 4 rings (SSSR count). The summed E-state index contributed by atoms with van der Waals surface area (Å²) in [5.41, 5.74) is 8.01. The lowest BCUT2D eigenvalue weighted by molar-refractivity contribution is 0.118. The Morgan fingerprint density at radius 2 is 2.10 bits per heavy atom. The van der Waals surface area contributed by atoms with Crippen LogP contribution in [0.1, 0.15) is 37.1 Å². The second-order valence-electron chi connectivity index (χ2n) is 6.37. The molecular weight excluding hydrogens is 284 g/mol. The molecule has 0 spiro atoms. The number of hydrogen-bond acceptors (Lipinski definition) is 5. The Morgan fingerprint density at radius 1 is 1.38 bits per heavy atom. The Hall–Kier alpha value is -1.24. The average Bonchev–Trinajstić information content (AvgIpc) is 2.90. The van der Waals surface area contributed by atoms with Crippen LogP contribution in [0, 0.1) is 6.92 Å². The molecule has 112 valence electrons. The van der Waals surface area contributed by atoms with Gasteiger partial charge in [0.05, 0.1) is 5.69 Å². The molecule has 2 N–H and O–H groups in total. The number of hydrogen-bond donors (Lipinski definition) is 1. The van der Waals surface area contributed by atoms with Gasteiger partial charge < -0.3 is 5.73 Å². The van der Waals surface area contributed by atoms with E-state index in [4.69, 9.17) is 5.73 Å². The van der Waals surface area contributed by atoms with Crippen LogP contribution >= 0.6 is 11.3 Å². The molecule has 2 aromatic rings. The van der Waals surface area contributed by atoms with Crippen LogP contribution in [-0.4, -0.2) is 32.4 Å². The van der Waals surface area contributed by atoms with E-state index in [9.17, 15) is 4.79 Å². The molecule has 5 nitrogen and oxygen atoms in total. The molecule has 2 atom stereocenters. The van der Waals surface area contributed by atoms with Crippen molar-refractivity contribution in [1.82, 2.24) is 14.3 Å². The quantitative estimate of drug-likeness (QED) is 0.913. The second kappa shape index (κ2) is 4.90. The van der Waals surface area contributed by atoms with E-state index >= 15 is 0 Å². The van der Waals surface area contributed by atoms with E-state index in [-0.39, 0.29) is 5.56 Å². The number of nitrogens with two attached hydrogens (primary N) is 1. The van der Waals surface area contributed by atoms with Gasteiger partial charge in [0, 0.05) is 41.8 Å². The summed E-state index contributed by atoms with van der Waals surface area (Å²) in [6, 6.07) is 3.19. The van der Waals surface area contributed by atoms with Crippen LogP contribution in [0.5, 0.6) is 0 Å². The lowest BCUT2D eigenvalue weighted by atomic mass is 9.98. The highest BCUT2D eigenvalue weighted by molar-refractivity contribution is 7.15. The fourth-order valence-electron chi connectivity index (χ4n) is 3.94. The van der Waals surface area contributed by atoms with Crippen LogP contribution in [-0.2, 0) is 6.54 Å². The van der Waals surface area contributed by atoms with Gasteiger partial charge in [-0.3, -0.25) is 14.1 Å². The molecule has 6 heteroatoms. The maximum Gasteiger partial charge on any atom is 0.259 e. The fraction of sp³-hybridized carbons (Fsp3) is 0.600. The summed E-state index contributed by atoms with van der Waals surface area (Å²) in [4.78, 5) is 20.2. The summed E-state index contributed by atoms with van der Waals surface area (Å²) in [6.45, 7) is 2.73. The largest absolute Gasteiger partial charge is 0.328 e. The SMILES string of the molecule is Cc1csc2nc(CN3C4CCC3CC(N)C4)cc(=O)n12.